The average molecular weight is 288 g/mol. The largest absolute Gasteiger partial charge is 0.497 e. The number of ketones is 1. The number of aromatic nitrogens is 2. The van der Waals surface area contributed by atoms with Crippen LogP contribution in [-0.4, -0.2) is 27.8 Å². The first-order valence-electron chi connectivity index (χ1n) is 6.94. The normalized spacial score (nSPS) is 12.2. The molecule has 0 aliphatic rings. The van der Waals surface area contributed by atoms with Gasteiger partial charge in [0.15, 0.2) is 5.78 Å². The molecule has 2 aromatic rings. The molecule has 112 valence electrons. The highest BCUT2D eigenvalue weighted by Crippen LogP contribution is 2.20. The second-order valence-corrected chi connectivity index (χ2v) is 4.95. The van der Waals surface area contributed by atoms with E-state index in [4.69, 9.17) is 4.74 Å². The number of carbonyl (C=O) groups is 1. The number of aliphatic hydroxyl groups is 1. The molecular weight excluding hydrogens is 268 g/mol. The fraction of sp³-hybridized carbons (Fsp3) is 0.375. The molecule has 1 aromatic carbocycles. The number of carbonyl (C=O) groups excluding carboxylic acids is 1. The van der Waals surface area contributed by atoms with Crippen LogP contribution < -0.4 is 4.74 Å². The Kier molecular flexibility index (Phi) is 4.75. The standard InChI is InChI=1S/C16H20N2O3/c1-4-15(20)16-14(11(2)19)10-18(17-16)9-12-5-7-13(21-3)8-6-12/h5-8,10,15,20H,4,9H2,1-3H3. The minimum absolute atomic E-state index is 0.0847. The SMILES string of the molecule is CCC(O)c1nn(Cc2ccc(OC)cc2)cc1C(C)=O. The molecule has 1 atom stereocenters. The number of methoxy groups -OCH3 is 1. The summed E-state index contributed by atoms with van der Waals surface area (Å²) < 4.78 is 6.81. The van der Waals surface area contributed by atoms with Crippen molar-refractivity contribution in [3.05, 3.63) is 47.3 Å². The minimum atomic E-state index is -0.707. The minimum Gasteiger partial charge on any atom is -0.497 e. The maximum Gasteiger partial charge on any atom is 0.163 e. The summed E-state index contributed by atoms with van der Waals surface area (Å²) in [7, 11) is 1.63. The molecule has 0 spiro atoms. The van der Waals surface area contributed by atoms with Crippen molar-refractivity contribution in [1.29, 1.82) is 0 Å². The summed E-state index contributed by atoms with van der Waals surface area (Å²) in [6, 6.07) is 7.66. The lowest BCUT2D eigenvalue weighted by Crippen LogP contribution is -2.04. The zero-order chi connectivity index (χ0) is 15.4. The Labute approximate surface area is 124 Å². The van der Waals surface area contributed by atoms with Crippen LogP contribution in [0.4, 0.5) is 0 Å². The van der Waals surface area contributed by atoms with Gasteiger partial charge in [0.1, 0.15) is 11.4 Å². The van der Waals surface area contributed by atoms with Gasteiger partial charge in [0, 0.05) is 6.20 Å². The highest BCUT2D eigenvalue weighted by Gasteiger charge is 2.18. The Balaban J connectivity index is 2.25. The lowest BCUT2D eigenvalue weighted by molar-refractivity contribution is 0.100. The van der Waals surface area contributed by atoms with E-state index in [2.05, 4.69) is 5.10 Å². The number of aliphatic hydroxyl groups excluding tert-OH is 1. The van der Waals surface area contributed by atoms with Gasteiger partial charge >= 0.3 is 0 Å². The number of hydrogen-bond acceptors (Lipinski definition) is 4. The van der Waals surface area contributed by atoms with Crippen LogP contribution in [0.25, 0.3) is 0 Å². The van der Waals surface area contributed by atoms with Crippen molar-refractivity contribution in [2.45, 2.75) is 32.9 Å². The number of benzene rings is 1. The van der Waals surface area contributed by atoms with Gasteiger partial charge in [-0.05, 0) is 31.0 Å². The van der Waals surface area contributed by atoms with E-state index in [9.17, 15) is 9.90 Å². The van der Waals surface area contributed by atoms with E-state index in [1.807, 2.05) is 31.2 Å². The smallest absolute Gasteiger partial charge is 0.163 e. The quantitative estimate of drug-likeness (QED) is 0.830. The van der Waals surface area contributed by atoms with Gasteiger partial charge in [0.2, 0.25) is 0 Å². The summed E-state index contributed by atoms with van der Waals surface area (Å²) in [5.41, 5.74) is 1.99. The molecule has 1 heterocycles. The van der Waals surface area contributed by atoms with Crippen molar-refractivity contribution in [1.82, 2.24) is 9.78 Å². The van der Waals surface area contributed by atoms with Crippen molar-refractivity contribution in [2.75, 3.05) is 7.11 Å². The average Bonchev–Trinajstić information content (AvgIpc) is 2.91. The molecule has 1 aromatic heterocycles. The molecule has 0 radical (unpaired) electrons. The Hall–Kier alpha value is -2.14. The zero-order valence-electron chi connectivity index (χ0n) is 12.5. The Bertz CT molecular complexity index is 617. The van der Waals surface area contributed by atoms with Crippen LogP contribution in [0.1, 0.15) is 48.0 Å². The predicted molar refractivity (Wildman–Crippen MR) is 79.6 cm³/mol. The third kappa shape index (κ3) is 3.49. The molecular formula is C16H20N2O3. The monoisotopic (exact) mass is 288 g/mol. The van der Waals surface area contributed by atoms with Crippen molar-refractivity contribution < 1.29 is 14.6 Å². The molecule has 2 rings (SSSR count). The molecule has 0 aliphatic carbocycles. The van der Waals surface area contributed by atoms with Crippen molar-refractivity contribution in [2.24, 2.45) is 0 Å². The highest BCUT2D eigenvalue weighted by atomic mass is 16.5. The van der Waals surface area contributed by atoms with Crippen LogP contribution in [0.5, 0.6) is 5.75 Å². The number of rotatable bonds is 6. The molecule has 5 heteroatoms. The maximum absolute atomic E-state index is 11.7. The molecule has 0 saturated heterocycles. The summed E-state index contributed by atoms with van der Waals surface area (Å²) >= 11 is 0. The Morgan fingerprint density at radius 3 is 2.57 bits per heavy atom. The first-order chi connectivity index (χ1) is 10.0. The van der Waals surface area contributed by atoms with E-state index in [-0.39, 0.29) is 5.78 Å². The second kappa shape index (κ2) is 6.54. The summed E-state index contributed by atoms with van der Waals surface area (Å²) in [6.07, 6.45) is 1.52. The fourth-order valence-electron chi connectivity index (χ4n) is 2.15. The van der Waals surface area contributed by atoms with E-state index in [1.165, 1.54) is 6.92 Å². The number of hydrogen-bond donors (Lipinski definition) is 1. The maximum atomic E-state index is 11.7. The van der Waals surface area contributed by atoms with E-state index >= 15 is 0 Å². The van der Waals surface area contributed by atoms with Gasteiger partial charge in [0.25, 0.3) is 0 Å². The van der Waals surface area contributed by atoms with Crippen LogP contribution in [0.3, 0.4) is 0 Å². The zero-order valence-corrected chi connectivity index (χ0v) is 12.5. The first kappa shape index (κ1) is 15.3. The number of ether oxygens (including phenoxy) is 1. The van der Waals surface area contributed by atoms with Gasteiger partial charge in [-0.15, -0.1) is 0 Å². The van der Waals surface area contributed by atoms with Gasteiger partial charge < -0.3 is 9.84 Å². The molecule has 1 unspecified atom stereocenters. The van der Waals surface area contributed by atoms with Crippen LogP contribution >= 0.6 is 0 Å². The molecule has 5 nitrogen and oxygen atoms in total. The number of nitrogens with zero attached hydrogens (tertiary/aromatic N) is 2. The van der Waals surface area contributed by atoms with Gasteiger partial charge in [-0.1, -0.05) is 19.1 Å². The van der Waals surface area contributed by atoms with Gasteiger partial charge in [0.05, 0.1) is 25.3 Å². The molecule has 1 N–H and O–H groups in total. The number of Topliss-reactive ketones (excluding diaryl/α,β-unsaturated/α-hetero) is 1. The summed E-state index contributed by atoms with van der Waals surface area (Å²) in [6.45, 7) is 3.89. The molecule has 0 saturated carbocycles. The fourth-order valence-corrected chi connectivity index (χ4v) is 2.15. The van der Waals surface area contributed by atoms with Crippen LogP contribution in [0.15, 0.2) is 30.5 Å². The topological polar surface area (TPSA) is 64.3 Å². The molecule has 21 heavy (non-hydrogen) atoms. The lowest BCUT2D eigenvalue weighted by Gasteiger charge is -2.06. The van der Waals surface area contributed by atoms with Crippen LogP contribution in [0.2, 0.25) is 0 Å². The molecule has 0 fully saturated rings. The second-order valence-electron chi connectivity index (χ2n) is 4.95. The van der Waals surface area contributed by atoms with Gasteiger partial charge in [-0.3, -0.25) is 9.48 Å². The summed E-state index contributed by atoms with van der Waals surface area (Å²) in [4.78, 5) is 11.7. The summed E-state index contributed by atoms with van der Waals surface area (Å²) in [5, 5.41) is 14.3. The van der Waals surface area contributed by atoms with Crippen LogP contribution in [-0.2, 0) is 6.54 Å². The van der Waals surface area contributed by atoms with E-state index in [0.29, 0.717) is 24.2 Å². The third-order valence-corrected chi connectivity index (χ3v) is 3.38. The molecule has 0 amide bonds. The molecule has 0 aliphatic heterocycles. The summed E-state index contributed by atoms with van der Waals surface area (Å²) in [5.74, 6) is 0.712. The van der Waals surface area contributed by atoms with E-state index in [1.54, 1.807) is 18.0 Å². The van der Waals surface area contributed by atoms with Gasteiger partial charge in [-0.2, -0.15) is 5.10 Å². The highest BCUT2D eigenvalue weighted by molar-refractivity contribution is 5.95. The Morgan fingerprint density at radius 1 is 1.38 bits per heavy atom. The van der Waals surface area contributed by atoms with Gasteiger partial charge in [-0.25, -0.2) is 0 Å². The lowest BCUT2D eigenvalue weighted by atomic mass is 10.1. The Morgan fingerprint density at radius 2 is 2.05 bits per heavy atom. The predicted octanol–water partition coefficient (Wildman–Crippen LogP) is 2.59. The molecule has 0 bridgehead atoms. The van der Waals surface area contributed by atoms with E-state index in [0.717, 1.165) is 11.3 Å². The van der Waals surface area contributed by atoms with Crippen LogP contribution in [0, 0.1) is 0 Å². The van der Waals surface area contributed by atoms with E-state index < -0.39 is 6.10 Å². The first-order valence-corrected chi connectivity index (χ1v) is 6.94. The van der Waals surface area contributed by atoms with Crippen molar-refractivity contribution >= 4 is 5.78 Å². The van der Waals surface area contributed by atoms with Crippen molar-refractivity contribution in [3.8, 4) is 5.75 Å². The third-order valence-electron chi connectivity index (χ3n) is 3.38. The van der Waals surface area contributed by atoms with Crippen molar-refractivity contribution in [3.63, 3.8) is 0 Å².